The zero-order valence-electron chi connectivity index (χ0n) is 22.1. The fourth-order valence-electron chi connectivity index (χ4n) is 4.95. The number of allylic oxidation sites excluding steroid dienone is 2. The molecule has 1 saturated carbocycles. The van der Waals surface area contributed by atoms with Gasteiger partial charge in [-0.25, -0.2) is 0 Å². The summed E-state index contributed by atoms with van der Waals surface area (Å²) in [6, 6.07) is 0. The molecule has 0 amide bonds. The molecule has 2 aliphatic rings. The van der Waals surface area contributed by atoms with E-state index in [9.17, 15) is 9.90 Å². The van der Waals surface area contributed by atoms with E-state index in [1.165, 1.54) is 0 Å². The van der Waals surface area contributed by atoms with E-state index in [1.807, 2.05) is 0 Å². The van der Waals surface area contributed by atoms with Crippen LogP contribution in [0.3, 0.4) is 0 Å². The lowest BCUT2D eigenvalue weighted by atomic mass is 9.79. The number of aliphatic hydroxyl groups is 1. The minimum absolute atomic E-state index is 0.0614. The number of carbonyl (C=O) groups excluding carboxylic acids is 1. The fourth-order valence-corrected chi connectivity index (χ4v) is 5.95. The second-order valence-electron chi connectivity index (χ2n) is 11.5. The first-order valence-corrected chi connectivity index (χ1v) is 14.3. The molecule has 2 fully saturated rings. The van der Waals surface area contributed by atoms with E-state index in [4.69, 9.17) is 18.6 Å². The van der Waals surface area contributed by atoms with Gasteiger partial charge in [-0.05, 0) is 63.3 Å². The van der Waals surface area contributed by atoms with Crippen molar-refractivity contribution in [2.24, 2.45) is 11.8 Å². The number of carbonyl (C=O) groups is 1. The summed E-state index contributed by atoms with van der Waals surface area (Å²) in [5.74, 6) is -0.0424. The molecule has 0 aromatic rings. The van der Waals surface area contributed by atoms with Crippen LogP contribution in [0.5, 0.6) is 0 Å². The second kappa shape index (κ2) is 13.9. The molecule has 1 unspecified atom stereocenters. The summed E-state index contributed by atoms with van der Waals surface area (Å²) in [5.41, 5.74) is -0.385. The Morgan fingerprint density at radius 3 is 2.62 bits per heavy atom. The van der Waals surface area contributed by atoms with Gasteiger partial charge in [0.15, 0.2) is 16.1 Å². The van der Waals surface area contributed by atoms with Crippen LogP contribution in [0.15, 0.2) is 24.8 Å². The minimum atomic E-state index is -0.762. The Kier molecular flexibility index (Phi) is 12.0. The Morgan fingerprint density at radius 2 is 1.97 bits per heavy atom. The molecule has 1 heterocycles. The van der Waals surface area contributed by atoms with Crippen LogP contribution in [0, 0.1) is 11.8 Å². The Balaban J connectivity index is 2.00. The number of esters is 1. The predicted octanol–water partition coefficient (Wildman–Crippen LogP) is 4.84. The number of unbranched alkanes of at least 4 members (excludes halogenated alkanes) is 1. The Labute approximate surface area is 209 Å². The van der Waals surface area contributed by atoms with Crippen LogP contribution >= 0.6 is 0 Å². The molecule has 1 aliphatic heterocycles. The van der Waals surface area contributed by atoms with Gasteiger partial charge in [0.2, 0.25) is 0 Å². The van der Waals surface area contributed by atoms with E-state index >= 15 is 0 Å². The van der Waals surface area contributed by atoms with Crippen molar-refractivity contribution >= 4 is 15.7 Å². The lowest BCUT2D eigenvalue weighted by Crippen LogP contribution is -2.46. The van der Waals surface area contributed by atoms with E-state index in [0.717, 1.165) is 45.1 Å². The number of ether oxygens (including phenoxy) is 3. The van der Waals surface area contributed by atoms with Crippen molar-refractivity contribution in [3.63, 3.8) is 0 Å². The summed E-state index contributed by atoms with van der Waals surface area (Å²) in [6.45, 7) is 15.6. The zero-order chi connectivity index (χ0) is 25.2. The summed E-state index contributed by atoms with van der Waals surface area (Å²) in [6.07, 6.45) is 11.6. The van der Waals surface area contributed by atoms with Crippen molar-refractivity contribution in [1.29, 1.82) is 0 Å². The zero-order valence-corrected chi connectivity index (χ0v) is 23.5. The average Bonchev–Trinajstić information content (AvgIpc) is 3.09. The molecular weight excluding hydrogens is 448 g/mol. The Hall–Kier alpha value is -0.993. The minimum Gasteiger partial charge on any atom is -0.461 e. The van der Waals surface area contributed by atoms with Crippen molar-refractivity contribution in [2.45, 2.75) is 115 Å². The van der Waals surface area contributed by atoms with Crippen LogP contribution in [0.4, 0.5) is 0 Å². The van der Waals surface area contributed by atoms with Gasteiger partial charge in [-0.1, -0.05) is 45.6 Å². The standard InChI is InChI=1S/C27H48O6Si/c1-7-17-30-23(29)15-11-9-8-10-14-20-21(28)19-22(32-24-16-12-13-18-31-24)25(20)27(5,6)33-34-26(2,3)4/h7-8,10,20-22,24-25,28H,1,9,11-19,34H2,2-6H3/t20-,21-,22+,24?,25-/m0/s1. The van der Waals surface area contributed by atoms with Gasteiger partial charge in [-0.15, -0.1) is 0 Å². The smallest absolute Gasteiger partial charge is 0.306 e. The molecule has 2 rings (SSSR count). The van der Waals surface area contributed by atoms with Crippen molar-refractivity contribution in [1.82, 2.24) is 0 Å². The van der Waals surface area contributed by atoms with Crippen LogP contribution in [0.1, 0.15) is 86.0 Å². The van der Waals surface area contributed by atoms with Gasteiger partial charge in [0.1, 0.15) is 6.61 Å². The first-order valence-electron chi connectivity index (χ1n) is 13.0. The molecule has 6 nitrogen and oxygen atoms in total. The summed E-state index contributed by atoms with van der Waals surface area (Å²) in [4.78, 5) is 11.6. The average molecular weight is 497 g/mol. The molecule has 0 spiro atoms. The van der Waals surface area contributed by atoms with Crippen molar-refractivity contribution < 1.29 is 28.5 Å². The highest BCUT2D eigenvalue weighted by atomic mass is 28.2. The molecule has 196 valence electrons. The van der Waals surface area contributed by atoms with Crippen LogP contribution in [-0.4, -0.2) is 58.2 Å². The molecule has 7 heteroatoms. The van der Waals surface area contributed by atoms with Gasteiger partial charge in [-0.3, -0.25) is 4.79 Å². The lowest BCUT2D eigenvalue weighted by molar-refractivity contribution is -0.206. The van der Waals surface area contributed by atoms with Crippen LogP contribution in [0.2, 0.25) is 5.04 Å². The highest BCUT2D eigenvalue weighted by Crippen LogP contribution is 2.46. The molecule has 0 aromatic heterocycles. The summed E-state index contributed by atoms with van der Waals surface area (Å²) >= 11 is 0. The summed E-state index contributed by atoms with van der Waals surface area (Å²) < 4.78 is 23.9. The largest absolute Gasteiger partial charge is 0.461 e. The topological polar surface area (TPSA) is 74.2 Å². The third kappa shape index (κ3) is 9.94. The van der Waals surface area contributed by atoms with Gasteiger partial charge < -0.3 is 23.7 Å². The van der Waals surface area contributed by atoms with Gasteiger partial charge in [0.25, 0.3) is 0 Å². The molecule has 0 radical (unpaired) electrons. The molecule has 1 N–H and O–H groups in total. The van der Waals surface area contributed by atoms with E-state index in [1.54, 1.807) is 6.08 Å². The SMILES string of the molecule is C=CCOC(=O)CCCC=CC[C@@H]1[C@H](C(C)(C)O[SiH2]C(C)(C)C)[C@H](OC2CCCCO2)C[C@@H]1O. The molecule has 1 aliphatic carbocycles. The fraction of sp³-hybridized carbons (Fsp3) is 0.815. The van der Waals surface area contributed by atoms with Crippen molar-refractivity contribution in [2.75, 3.05) is 13.2 Å². The summed E-state index contributed by atoms with van der Waals surface area (Å²) in [5, 5.41) is 11.2. The highest BCUT2D eigenvalue weighted by molar-refractivity contribution is 6.31. The van der Waals surface area contributed by atoms with E-state index in [0.29, 0.717) is 12.8 Å². The molecule has 0 aromatic carbocycles. The van der Waals surface area contributed by atoms with E-state index < -0.39 is 15.9 Å². The molecule has 5 atom stereocenters. The first-order chi connectivity index (χ1) is 16.0. The summed E-state index contributed by atoms with van der Waals surface area (Å²) in [7, 11) is -0.762. The quantitative estimate of drug-likeness (QED) is 0.170. The molecular formula is C27H48O6Si. The van der Waals surface area contributed by atoms with Crippen LogP contribution in [-0.2, 0) is 23.4 Å². The maximum Gasteiger partial charge on any atom is 0.306 e. The number of hydrogen-bond donors (Lipinski definition) is 1. The van der Waals surface area contributed by atoms with Crippen LogP contribution < -0.4 is 0 Å². The van der Waals surface area contributed by atoms with Gasteiger partial charge in [0.05, 0.1) is 17.8 Å². The van der Waals surface area contributed by atoms with Crippen molar-refractivity contribution in [3.05, 3.63) is 24.8 Å². The highest BCUT2D eigenvalue weighted by Gasteiger charge is 2.51. The Morgan fingerprint density at radius 1 is 1.21 bits per heavy atom. The van der Waals surface area contributed by atoms with Crippen molar-refractivity contribution in [3.8, 4) is 0 Å². The van der Waals surface area contributed by atoms with Crippen LogP contribution in [0.25, 0.3) is 0 Å². The predicted molar refractivity (Wildman–Crippen MR) is 138 cm³/mol. The molecule has 0 bridgehead atoms. The number of aliphatic hydroxyl groups excluding tert-OH is 1. The maximum absolute atomic E-state index is 11.6. The number of rotatable bonds is 13. The second-order valence-corrected chi connectivity index (χ2v) is 14.2. The van der Waals surface area contributed by atoms with Gasteiger partial charge >= 0.3 is 5.97 Å². The number of hydrogen-bond acceptors (Lipinski definition) is 6. The third-order valence-corrected chi connectivity index (χ3v) is 8.42. The van der Waals surface area contributed by atoms with E-state index in [-0.39, 0.29) is 47.4 Å². The molecule has 34 heavy (non-hydrogen) atoms. The lowest BCUT2D eigenvalue weighted by Gasteiger charge is -2.41. The first kappa shape index (κ1) is 29.2. The van der Waals surface area contributed by atoms with Gasteiger partial charge in [0, 0.05) is 25.4 Å². The monoisotopic (exact) mass is 496 g/mol. The molecule has 1 saturated heterocycles. The van der Waals surface area contributed by atoms with Gasteiger partial charge in [-0.2, -0.15) is 0 Å². The van der Waals surface area contributed by atoms with E-state index in [2.05, 4.69) is 53.3 Å². The Bertz CT molecular complexity index is 650. The third-order valence-electron chi connectivity index (χ3n) is 6.66. The maximum atomic E-state index is 11.6. The normalized spacial score (nSPS) is 28.7.